The summed E-state index contributed by atoms with van der Waals surface area (Å²) < 4.78 is 0. The summed E-state index contributed by atoms with van der Waals surface area (Å²) in [5.41, 5.74) is 1.52. The van der Waals surface area contributed by atoms with E-state index in [0.29, 0.717) is 5.25 Å². The van der Waals surface area contributed by atoms with E-state index in [1.807, 2.05) is 11.8 Å². The van der Waals surface area contributed by atoms with Gasteiger partial charge < -0.3 is 0 Å². The van der Waals surface area contributed by atoms with Crippen molar-refractivity contribution in [3.05, 3.63) is 29.6 Å². The van der Waals surface area contributed by atoms with Crippen LogP contribution in [0.5, 0.6) is 0 Å². The largest absolute Gasteiger partial charge is 0.144 e. The molecule has 0 nitrogen and oxygen atoms in total. The van der Waals surface area contributed by atoms with Crippen LogP contribution in [0.2, 0.25) is 0 Å². The Morgan fingerprint density at radius 3 is 3.40 bits per heavy atom. The Balaban J connectivity index is 2.24. The first kappa shape index (κ1) is 6.53. The second-order valence-corrected chi connectivity index (χ2v) is 3.90. The van der Waals surface area contributed by atoms with E-state index in [1.165, 1.54) is 5.57 Å². The Labute approximate surface area is 66.4 Å². The molecule has 0 bridgehead atoms. The van der Waals surface area contributed by atoms with Crippen LogP contribution in [-0.4, -0.2) is 5.25 Å². The van der Waals surface area contributed by atoms with Gasteiger partial charge in [0.15, 0.2) is 0 Å². The van der Waals surface area contributed by atoms with E-state index < -0.39 is 0 Å². The normalized spacial score (nSPS) is 37.5. The lowest BCUT2D eigenvalue weighted by Crippen LogP contribution is -2.12. The molecule has 1 fully saturated rings. The molecule has 2 rings (SSSR count). The van der Waals surface area contributed by atoms with Gasteiger partial charge in [0.25, 0.3) is 0 Å². The van der Waals surface area contributed by atoms with Gasteiger partial charge in [0.2, 0.25) is 0 Å². The summed E-state index contributed by atoms with van der Waals surface area (Å²) in [6.45, 7) is 2.22. The summed E-state index contributed by atoms with van der Waals surface area (Å²) in [5, 5.41) is 0.699. The minimum absolute atomic E-state index is 0.699. The van der Waals surface area contributed by atoms with E-state index in [0.717, 1.165) is 12.3 Å². The quantitative estimate of drug-likeness (QED) is 0.511. The van der Waals surface area contributed by atoms with Crippen LogP contribution in [0.4, 0.5) is 0 Å². The molecule has 2 atom stereocenters. The lowest BCUT2D eigenvalue weighted by atomic mass is 9.90. The van der Waals surface area contributed by atoms with Gasteiger partial charge in [-0.25, -0.2) is 0 Å². The van der Waals surface area contributed by atoms with Crippen LogP contribution in [0, 0.1) is 11.7 Å². The molecule has 1 aliphatic heterocycles. The van der Waals surface area contributed by atoms with E-state index in [-0.39, 0.29) is 0 Å². The van der Waals surface area contributed by atoms with Crippen molar-refractivity contribution in [2.45, 2.75) is 18.6 Å². The topological polar surface area (TPSA) is 0 Å². The molecule has 0 amide bonds. The monoisotopic (exact) mass is 150 g/mol. The Bertz CT molecular complexity index is 191. The Hall–Kier alpha value is -0.170. The van der Waals surface area contributed by atoms with E-state index in [1.54, 1.807) is 0 Å². The van der Waals surface area contributed by atoms with Gasteiger partial charge in [-0.05, 0) is 19.3 Å². The molecule has 1 saturated heterocycles. The van der Waals surface area contributed by atoms with Crippen molar-refractivity contribution in [3.63, 3.8) is 0 Å². The number of fused-ring (bicyclic) bond motifs is 1. The highest BCUT2D eigenvalue weighted by molar-refractivity contribution is 8.02. The van der Waals surface area contributed by atoms with Gasteiger partial charge in [-0.1, -0.05) is 23.8 Å². The van der Waals surface area contributed by atoms with Gasteiger partial charge in [-0.2, -0.15) is 0 Å². The number of hydrogen-bond donors (Lipinski definition) is 0. The van der Waals surface area contributed by atoms with Gasteiger partial charge in [0.05, 0.1) is 0 Å². The van der Waals surface area contributed by atoms with Crippen LogP contribution in [0.15, 0.2) is 23.8 Å². The molecule has 1 aliphatic carbocycles. The van der Waals surface area contributed by atoms with E-state index in [2.05, 4.69) is 30.9 Å². The Morgan fingerprint density at radius 1 is 1.70 bits per heavy atom. The molecule has 10 heavy (non-hydrogen) atoms. The molecule has 2 aliphatic rings. The summed E-state index contributed by atoms with van der Waals surface area (Å²) in [5.74, 6) is 4.08. The predicted molar refractivity (Wildman–Crippen MR) is 45.6 cm³/mol. The molecule has 2 radical (unpaired) electrons. The van der Waals surface area contributed by atoms with Gasteiger partial charge in [0.1, 0.15) is 0 Å². The first-order valence-corrected chi connectivity index (χ1v) is 4.49. The van der Waals surface area contributed by atoms with Crippen molar-refractivity contribution in [3.8, 4) is 0 Å². The van der Waals surface area contributed by atoms with Crippen LogP contribution < -0.4 is 0 Å². The average Bonchev–Trinajstić information content (AvgIpc) is 2.36. The maximum Gasteiger partial charge on any atom is 0.0494 e. The second kappa shape index (κ2) is 2.46. The maximum atomic E-state index is 3.32. The van der Waals surface area contributed by atoms with E-state index in [9.17, 15) is 0 Å². The van der Waals surface area contributed by atoms with Crippen LogP contribution in [-0.2, 0) is 0 Å². The Morgan fingerprint density at radius 2 is 2.60 bits per heavy atom. The molecule has 0 N–H and O–H groups in total. The summed E-state index contributed by atoms with van der Waals surface area (Å²) >= 11 is 1.85. The van der Waals surface area contributed by atoms with E-state index >= 15 is 0 Å². The fourth-order valence-corrected chi connectivity index (χ4v) is 2.58. The van der Waals surface area contributed by atoms with Gasteiger partial charge in [-0.15, -0.1) is 11.8 Å². The highest BCUT2D eigenvalue weighted by atomic mass is 32.2. The molecule has 1 heteroatoms. The third-order valence-electron chi connectivity index (χ3n) is 2.16. The van der Waals surface area contributed by atoms with E-state index in [4.69, 9.17) is 0 Å². The SMILES string of the molecule is CC1=CC=CC2S[C]CC12. The molecule has 0 saturated carbocycles. The summed E-state index contributed by atoms with van der Waals surface area (Å²) in [6, 6.07) is 0. The Kier molecular flexibility index (Phi) is 1.61. The van der Waals surface area contributed by atoms with Gasteiger partial charge >= 0.3 is 0 Å². The first-order chi connectivity index (χ1) is 4.88. The van der Waals surface area contributed by atoms with Crippen LogP contribution in [0.25, 0.3) is 0 Å². The summed E-state index contributed by atoms with van der Waals surface area (Å²) in [7, 11) is 0. The first-order valence-electron chi connectivity index (χ1n) is 3.61. The molecule has 0 aromatic carbocycles. The average molecular weight is 150 g/mol. The minimum atomic E-state index is 0.699. The fraction of sp³-hybridized carbons (Fsp3) is 0.444. The zero-order valence-corrected chi connectivity index (χ0v) is 6.82. The molecule has 52 valence electrons. The molecule has 0 aromatic heterocycles. The zero-order chi connectivity index (χ0) is 6.97. The highest BCUT2D eigenvalue weighted by Gasteiger charge is 2.28. The number of hydrogen-bond acceptors (Lipinski definition) is 1. The third-order valence-corrected chi connectivity index (χ3v) is 3.26. The van der Waals surface area contributed by atoms with Crippen molar-refractivity contribution in [2.75, 3.05) is 0 Å². The molecule has 2 unspecified atom stereocenters. The highest BCUT2D eigenvalue weighted by Crippen LogP contribution is 2.42. The van der Waals surface area contributed by atoms with Crippen LogP contribution >= 0.6 is 11.8 Å². The lowest BCUT2D eigenvalue weighted by molar-refractivity contribution is 0.656. The number of thioether (sulfide) groups is 1. The van der Waals surface area contributed by atoms with Crippen molar-refractivity contribution in [1.29, 1.82) is 0 Å². The smallest absolute Gasteiger partial charge is 0.0494 e. The van der Waals surface area contributed by atoms with Crippen LogP contribution in [0.1, 0.15) is 13.3 Å². The van der Waals surface area contributed by atoms with Crippen molar-refractivity contribution in [1.82, 2.24) is 0 Å². The van der Waals surface area contributed by atoms with Crippen molar-refractivity contribution in [2.24, 2.45) is 5.92 Å². The lowest BCUT2D eigenvalue weighted by Gasteiger charge is -2.18. The van der Waals surface area contributed by atoms with Crippen molar-refractivity contribution < 1.29 is 0 Å². The summed E-state index contributed by atoms with van der Waals surface area (Å²) in [4.78, 5) is 0. The fourth-order valence-electron chi connectivity index (χ4n) is 1.47. The zero-order valence-electron chi connectivity index (χ0n) is 6.00. The van der Waals surface area contributed by atoms with Crippen LogP contribution in [0.3, 0.4) is 0 Å². The second-order valence-electron chi connectivity index (χ2n) is 2.83. The number of allylic oxidation sites excluding steroid dienone is 3. The standard InChI is InChI=1S/C9H10S/c1-7-3-2-4-9-8(7)5-6-10-9/h2-4,8-9H,5H2,1H3. The number of rotatable bonds is 0. The van der Waals surface area contributed by atoms with Gasteiger partial charge in [-0.3, -0.25) is 0 Å². The predicted octanol–water partition coefficient (Wildman–Crippen LogP) is 2.66. The molecule has 0 spiro atoms. The minimum Gasteiger partial charge on any atom is -0.144 e. The van der Waals surface area contributed by atoms with Crippen molar-refractivity contribution >= 4 is 11.8 Å². The third kappa shape index (κ3) is 0.929. The molecular formula is C9H10S. The maximum absolute atomic E-state index is 3.32. The summed E-state index contributed by atoms with van der Waals surface area (Å²) in [6.07, 6.45) is 7.80. The molecule has 0 aromatic rings. The molecular weight excluding hydrogens is 140 g/mol. The van der Waals surface area contributed by atoms with Gasteiger partial charge in [0, 0.05) is 11.0 Å². The molecule has 1 heterocycles.